The number of quaternary nitrogens is 1. The molecule has 1 fully saturated rings. The molecule has 152 valence electrons. The SMILES string of the molecule is Cc1cccc(NC(=O)C[NH+]2CCN(C(=O)/C=C/c3ccc(F)cc3)CC2)c1C. The molecule has 2 aromatic rings. The minimum Gasteiger partial charge on any atom is -0.328 e. The molecule has 6 heteroatoms. The summed E-state index contributed by atoms with van der Waals surface area (Å²) in [6, 6.07) is 11.9. The summed E-state index contributed by atoms with van der Waals surface area (Å²) < 4.78 is 12.9. The van der Waals surface area contributed by atoms with Gasteiger partial charge < -0.3 is 15.1 Å². The van der Waals surface area contributed by atoms with Crippen LogP contribution in [0.25, 0.3) is 6.08 Å². The molecular formula is C23H27FN3O2+. The topological polar surface area (TPSA) is 53.9 Å². The van der Waals surface area contributed by atoms with Crippen LogP contribution in [0.3, 0.4) is 0 Å². The van der Waals surface area contributed by atoms with Crippen LogP contribution in [-0.2, 0) is 9.59 Å². The number of carbonyl (C=O) groups excluding carboxylic acids is 2. The molecule has 0 atom stereocenters. The first-order chi connectivity index (χ1) is 13.9. The van der Waals surface area contributed by atoms with Gasteiger partial charge in [-0.2, -0.15) is 0 Å². The number of halogens is 1. The highest BCUT2D eigenvalue weighted by Crippen LogP contribution is 2.17. The highest BCUT2D eigenvalue weighted by atomic mass is 19.1. The van der Waals surface area contributed by atoms with Gasteiger partial charge in [0.05, 0.1) is 26.2 Å². The number of piperazine rings is 1. The summed E-state index contributed by atoms with van der Waals surface area (Å²) in [5.74, 6) is -0.368. The molecule has 2 aromatic carbocycles. The van der Waals surface area contributed by atoms with Gasteiger partial charge in [0.15, 0.2) is 6.54 Å². The normalized spacial score (nSPS) is 14.9. The van der Waals surface area contributed by atoms with Crippen molar-refractivity contribution in [3.8, 4) is 0 Å². The molecule has 3 rings (SSSR count). The first kappa shape index (κ1) is 20.7. The molecule has 1 saturated heterocycles. The summed E-state index contributed by atoms with van der Waals surface area (Å²) in [6.07, 6.45) is 3.21. The predicted octanol–water partition coefficient (Wildman–Crippen LogP) is 1.82. The molecule has 1 heterocycles. The zero-order valence-corrected chi connectivity index (χ0v) is 16.9. The lowest BCUT2D eigenvalue weighted by Crippen LogP contribution is -3.15. The summed E-state index contributed by atoms with van der Waals surface area (Å²) in [5.41, 5.74) is 3.87. The summed E-state index contributed by atoms with van der Waals surface area (Å²) >= 11 is 0. The number of carbonyl (C=O) groups is 2. The Morgan fingerprint density at radius 3 is 2.48 bits per heavy atom. The molecule has 5 nitrogen and oxygen atoms in total. The Hall–Kier alpha value is -2.99. The quantitative estimate of drug-likeness (QED) is 0.758. The van der Waals surface area contributed by atoms with Crippen molar-refractivity contribution in [2.24, 2.45) is 0 Å². The zero-order valence-electron chi connectivity index (χ0n) is 16.9. The third-order valence-corrected chi connectivity index (χ3v) is 5.36. The summed E-state index contributed by atoms with van der Waals surface area (Å²) in [6.45, 7) is 7.10. The first-order valence-electron chi connectivity index (χ1n) is 9.84. The van der Waals surface area contributed by atoms with Gasteiger partial charge in [0.2, 0.25) is 5.91 Å². The summed E-state index contributed by atoms with van der Waals surface area (Å²) in [4.78, 5) is 27.7. The van der Waals surface area contributed by atoms with E-state index in [1.807, 2.05) is 32.0 Å². The van der Waals surface area contributed by atoms with Crippen LogP contribution in [-0.4, -0.2) is 49.4 Å². The van der Waals surface area contributed by atoms with Gasteiger partial charge in [-0.25, -0.2) is 4.39 Å². The molecular weight excluding hydrogens is 369 g/mol. The van der Waals surface area contributed by atoms with E-state index in [9.17, 15) is 14.0 Å². The van der Waals surface area contributed by atoms with Gasteiger partial charge in [0, 0.05) is 11.8 Å². The Balaban J connectivity index is 1.46. The minimum atomic E-state index is -0.297. The van der Waals surface area contributed by atoms with Crippen molar-refractivity contribution in [1.29, 1.82) is 0 Å². The van der Waals surface area contributed by atoms with Gasteiger partial charge in [-0.05, 0) is 54.8 Å². The molecule has 0 saturated carbocycles. The Bertz CT molecular complexity index is 901. The number of aryl methyl sites for hydroxylation is 1. The number of rotatable bonds is 5. The first-order valence-corrected chi connectivity index (χ1v) is 9.84. The largest absolute Gasteiger partial charge is 0.328 e. The second-order valence-corrected chi connectivity index (χ2v) is 7.43. The molecule has 2 N–H and O–H groups in total. The highest BCUT2D eigenvalue weighted by Gasteiger charge is 2.24. The summed E-state index contributed by atoms with van der Waals surface area (Å²) in [5, 5.41) is 3.00. The maximum absolute atomic E-state index is 12.9. The lowest BCUT2D eigenvalue weighted by molar-refractivity contribution is -0.895. The third kappa shape index (κ3) is 5.74. The van der Waals surface area contributed by atoms with Crippen LogP contribution in [0.5, 0.6) is 0 Å². The number of nitrogens with zero attached hydrogens (tertiary/aromatic N) is 1. The van der Waals surface area contributed by atoms with Crippen LogP contribution in [0.15, 0.2) is 48.5 Å². The van der Waals surface area contributed by atoms with Gasteiger partial charge in [0.25, 0.3) is 5.91 Å². The molecule has 1 aliphatic heterocycles. The van der Waals surface area contributed by atoms with Crippen molar-refractivity contribution in [3.63, 3.8) is 0 Å². The van der Waals surface area contributed by atoms with Gasteiger partial charge in [0.1, 0.15) is 5.82 Å². The average Bonchev–Trinajstić information content (AvgIpc) is 2.71. The predicted molar refractivity (Wildman–Crippen MR) is 112 cm³/mol. The van der Waals surface area contributed by atoms with E-state index in [-0.39, 0.29) is 17.6 Å². The Labute approximate surface area is 170 Å². The minimum absolute atomic E-state index is 0.00955. The third-order valence-electron chi connectivity index (χ3n) is 5.36. The molecule has 29 heavy (non-hydrogen) atoms. The molecule has 0 radical (unpaired) electrons. The van der Waals surface area contributed by atoms with E-state index in [0.29, 0.717) is 19.6 Å². The van der Waals surface area contributed by atoms with Crippen LogP contribution in [0.1, 0.15) is 16.7 Å². The molecule has 2 amide bonds. The number of nitrogens with one attached hydrogen (secondary N) is 2. The monoisotopic (exact) mass is 396 g/mol. The number of hydrogen-bond donors (Lipinski definition) is 2. The van der Waals surface area contributed by atoms with Crippen molar-refractivity contribution in [2.75, 3.05) is 38.0 Å². The van der Waals surface area contributed by atoms with Crippen LogP contribution < -0.4 is 10.2 Å². The molecule has 0 aromatic heterocycles. The van der Waals surface area contributed by atoms with Crippen molar-refractivity contribution in [3.05, 3.63) is 71.0 Å². The van der Waals surface area contributed by atoms with Crippen LogP contribution in [0.4, 0.5) is 10.1 Å². The Kier molecular flexibility index (Phi) is 6.77. The molecule has 0 aliphatic carbocycles. The van der Waals surface area contributed by atoms with E-state index in [2.05, 4.69) is 5.32 Å². The van der Waals surface area contributed by atoms with E-state index in [4.69, 9.17) is 0 Å². The molecule has 0 spiro atoms. The van der Waals surface area contributed by atoms with E-state index in [0.717, 1.165) is 35.5 Å². The maximum atomic E-state index is 12.9. The lowest BCUT2D eigenvalue weighted by Gasteiger charge is -2.31. The molecule has 0 unspecified atom stereocenters. The van der Waals surface area contributed by atoms with E-state index < -0.39 is 0 Å². The van der Waals surface area contributed by atoms with Crippen molar-refractivity contribution >= 4 is 23.6 Å². The second-order valence-electron chi connectivity index (χ2n) is 7.43. The fourth-order valence-electron chi connectivity index (χ4n) is 3.37. The van der Waals surface area contributed by atoms with Crippen molar-refractivity contribution in [1.82, 2.24) is 4.90 Å². The number of benzene rings is 2. The summed E-state index contributed by atoms with van der Waals surface area (Å²) in [7, 11) is 0. The second kappa shape index (κ2) is 9.47. The zero-order chi connectivity index (χ0) is 20.8. The van der Waals surface area contributed by atoms with Crippen LogP contribution in [0.2, 0.25) is 0 Å². The van der Waals surface area contributed by atoms with Crippen LogP contribution in [0, 0.1) is 19.7 Å². The number of anilines is 1. The van der Waals surface area contributed by atoms with Crippen LogP contribution >= 0.6 is 0 Å². The van der Waals surface area contributed by atoms with Gasteiger partial charge in [-0.1, -0.05) is 24.3 Å². The number of hydrogen-bond acceptors (Lipinski definition) is 2. The van der Waals surface area contributed by atoms with Gasteiger partial charge in [-0.15, -0.1) is 0 Å². The average molecular weight is 396 g/mol. The maximum Gasteiger partial charge on any atom is 0.279 e. The van der Waals surface area contributed by atoms with E-state index >= 15 is 0 Å². The van der Waals surface area contributed by atoms with Crippen molar-refractivity contribution < 1.29 is 18.9 Å². The van der Waals surface area contributed by atoms with E-state index in [1.54, 1.807) is 23.1 Å². The molecule has 1 aliphatic rings. The fraction of sp³-hybridized carbons (Fsp3) is 0.304. The number of amides is 2. The van der Waals surface area contributed by atoms with Gasteiger partial charge in [-0.3, -0.25) is 9.59 Å². The Morgan fingerprint density at radius 2 is 1.79 bits per heavy atom. The van der Waals surface area contributed by atoms with Gasteiger partial charge >= 0.3 is 0 Å². The highest BCUT2D eigenvalue weighted by molar-refractivity contribution is 5.93. The standard InChI is InChI=1S/C23H26FN3O2/c1-17-4-3-5-21(18(17)2)25-22(28)16-26-12-14-27(15-13-26)23(29)11-8-19-6-9-20(24)10-7-19/h3-11H,12-16H2,1-2H3,(H,25,28)/p+1/b11-8+. The smallest absolute Gasteiger partial charge is 0.279 e. The van der Waals surface area contributed by atoms with E-state index in [1.165, 1.54) is 23.1 Å². The fourth-order valence-corrected chi connectivity index (χ4v) is 3.37. The lowest BCUT2D eigenvalue weighted by atomic mass is 10.1. The molecule has 0 bridgehead atoms. The van der Waals surface area contributed by atoms with Crippen molar-refractivity contribution in [2.45, 2.75) is 13.8 Å². The Morgan fingerprint density at radius 1 is 1.10 bits per heavy atom.